The minimum absolute atomic E-state index is 0.0908. The van der Waals surface area contributed by atoms with E-state index in [0.29, 0.717) is 24.5 Å². The van der Waals surface area contributed by atoms with E-state index in [4.69, 9.17) is 0 Å². The van der Waals surface area contributed by atoms with Gasteiger partial charge in [-0.2, -0.15) is 0 Å². The van der Waals surface area contributed by atoms with Crippen molar-refractivity contribution in [1.29, 1.82) is 0 Å². The van der Waals surface area contributed by atoms with E-state index in [9.17, 15) is 9.59 Å². The lowest BCUT2D eigenvalue weighted by Crippen LogP contribution is -2.34. The van der Waals surface area contributed by atoms with Gasteiger partial charge in [0.15, 0.2) is 0 Å². The molecule has 1 unspecified atom stereocenters. The van der Waals surface area contributed by atoms with Gasteiger partial charge in [0, 0.05) is 4.90 Å². The molecule has 1 aromatic heterocycles. The van der Waals surface area contributed by atoms with Crippen LogP contribution >= 0.6 is 11.8 Å². The maximum Gasteiger partial charge on any atom is 0.256 e. The zero-order chi connectivity index (χ0) is 15.3. The van der Waals surface area contributed by atoms with Gasteiger partial charge in [0.05, 0.1) is 29.6 Å². The summed E-state index contributed by atoms with van der Waals surface area (Å²) in [6.07, 6.45) is 0.759. The van der Waals surface area contributed by atoms with Crippen LogP contribution in [0.2, 0.25) is 0 Å². The minimum atomic E-state index is -0.125. The lowest BCUT2D eigenvalue weighted by atomic mass is 10.1. The summed E-state index contributed by atoms with van der Waals surface area (Å²) in [5, 5.41) is -0.0908. The normalized spacial score (nSPS) is 19.1. The second-order valence-electron chi connectivity index (χ2n) is 5.69. The number of aryl methyl sites for hydroxylation is 1. The fourth-order valence-corrected chi connectivity index (χ4v) is 4.35. The van der Waals surface area contributed by atoms with Gasteiger partial charge < -0.3 is 9.88 Å². The molecule has 1 atom stereocenters. The highest BCUT2D eigenvalue weighted by Gasteiger charge is 2.35. The van der Waals surface area contributed by atoms with Crippen LogP contribution in [0.4, 0.5) is 0 Å². The van der Waals surface area contributed by atoms with Crippen LogP contribution < -0.4 is 5.56 Å². The molecule has 4 rings (SSSR count). The Labute approximate surface area is 131 Å². The number of carbonyl (C=O) groups is 1. The number of hydrogen-bond acceptors (Lipinski definition) is 4. The summed E-state index contributed by atoms with van der Waals surface area (Å²) >= 11 is 1.62. The van der Waals surface area contributed by atoms with Crippen molar-refractivity contribution in [2.45, 2.75) is 36.6 Å². The molecule has 5 nitrogen and oxygen atoms in total. The lowest BCUT2D eigenvalue weighted by Gasteiger charge is -2.18. The minimum Gasteiger partial charge on any atom is -0.331 e. The van der Waals surface area contributed by atoms with Crippen LogP contribution in [0.1, 0.15) is 22.6 Å². The van der Waals surface area contributed by atoms with Gasteiger partial charge in [-0.1, -0.05) is 18.2 Å². The summed E-state index contributed by atoms with van der Waals surface area (Å²) in [4.78, 5) is 34.7. The zero-order valence-electron chi connectivity index (χ0n) is 12.1. The third kappa shape index (κ3) is 2.14. The van der Waals surface area contributed by atoms with E-state index in [0.717, 1.165) is 12.1 Å². The van der Waals surface area contributed by atoms with Crippen LogP contribution in [0.15, 0.2) is 34.0 Å². The van der Waals surface area contributed by atoms with Crippen molar-refractivity contribution in [2.75, 3.05) is 0 Å². The molecule has 1 N–H and O–H groups in total. The number of aromatic amines is 1. The maximum absolute atomic E-state index is 12.7. The molecule has 0 radical (unpaired) electrons. The van der Waals surface area contributed by atoms with Crippen molar-refractivity contribution in [2.24, 2.45) is 0 Å². The van der Waals surface area contributed by atoms with E-state index >= 15 is 0 Å². The number of carbonyl (C=O) groups excluding carboxylic acids is 1. The molecule has 2 aromatic rings. The van der Waals surface area contributed by atoms with E-state index < -0.39 is 0 Å². The van der Waals surface area contributed by atoms with Crippen LogP contribution in [0.5, 0.6) is 0 Å². The SMILES string of the molecule is Cc1nc2c(c(=O)[nH]1)CN(C(=O)C1Cc3ccccc3S1)C2. The molecule has 0 spiro atoms. The molecule has 112 valence electrons. The molecule has 0 fully saturated rings. The van der Waals surface area contributed by atoms with Gasteiger partial charge in [0.25, 0.3) is 5.56 Å². The van der Waals surface area contributed by atoms with Crippen LogP contribution in [0.3, 0.4) is 0 Å². The lowest BCUT2D eigenvalue weighted by molar-refractivity contribution is -0.131. The number of amides is 1. The Morgan fingerprint density at radius 1 is 1.36 bits per heavy atom. The van der Waals surface area contributed by atoms with Crippen molar-refractivity contribution in [1.82, 2.24) is 14.9 Å². The van der Waals surface area contributed by atoms with Crippen LogP contribution in [-0.2, 0) is 24.3 Å². The fraction of sp³-hybridized carbons (Fsp3) is 0.312. The van der Waals surface area contributed by atoms with Crippen molar-refractivity contribution in [3.63, 3.8) is 0 Å². The van der Waals surface area contributed by atoms with E-state index in [-0.39, 0.29) is 16.7 Å². The summed E-state index contributed by atoms with van der Waals surface area (Å²) in [7, 11) is 0. The second-order valence-corrected chi connectivity index (χ2v) is 6.93. The quantitative estimate of drug-likeness (QED) is 0.869. The molecular formula is C16H15N3O2S. The predicted octanol–water partition coefficient (Wildman–Crippen LogP) is 1.64. The first-order chi connectivity index (χ1) is 10.6. The highest BCUT2D eigenvalue weighted by atomic mass is 32.2. The summed E-state index contributed by atoms with van der Waals surface area (Å²) in [5.41, 5.74) is 2.46. The highest BCUT2D eigenvalue weighted by Crippen LogP contribution is 2.38. The van der Waals surface area contributed by atoms with Crippen LogP contribution in [0, 0.1) is 6.92 Å². The molecule has 1 aromatic carbocycles. The van der Waals surface area contributed by atoms with Gasteiger partial charge in [-0.3, -0.25) is 9.59 Å². The van der Waals surface area contributed by atoms with E-state index in [1.54, 1.807) is 23.6 Å². The first-order valence-corrected chi connectivity index (χ1v) is 8.12. The van der Waals surface area contributed by atoms with Crippen molar-refractivity contribution >= 4 is 17.7 Å². The standard InChI is InChI=1S/C16H15N3O2S/c1-9-17-12-8-19(7-11(12)15(20)18-9)16(21)14-6-10-4-2-3-5-13(10)22-14/h2-5,14H,6-8H2,1H3,(H,17,18,20). The Balaban J connectivity index is 1.55. The predicted molar refractivity (Wildman–Crippen MR) is 83.6 cm³/mol. The number of fused-ring (bicyclic) bond motifs is 2. The van der Waals surface area contributed by atoms with Gasteiger partial charge in [0.1, 0.15) is 5.82 Å². The van der Waals surface area contributed by atoms with Crippen molar-refractivity contribution in [3.05, 3.63) is 57.3 Å². The Bertz CT molecular complexity index is 805. The van der Waals surface area contributed by atoms with Crippen LogP contribution in [-0.4, -0.2) is 26.0 Å². The Hall–Kier alpha value is -2.08. The number of rotatable bonds is 1. The number of H-pyrrole nitrogens is 1. The Morgan fingerprint density at radius 2 is 2.18 bits per heavy atom. The van der Waals surface area contributed by atoms with E-state index in [1.807, 2.05) is 12.1 Å². The monoisotopic (exact) mass is 313 g/mol. The molecule has 6 heteroatoms. The summed E-state index contributed by atoms with van der Waals surface area (Å²) in [6.45, 7) is 2.56. The van der Waals surface area contributed by atoms with Gasteiger partial charge >= 0.3 is 0 Å². The molecule has 1 amide bonds. The number of aromatic nitrogens is 2. The maximum atomic E-state index is 12.7. The van der Waals surface area contributed by atoms with Gasteiger partial charge in [-0.25, -0.2) is 4.98 Å². The summed E-state index contributed by atoms with van der Waals surface area (Å²) in [6, 6.07) is 8.13. The van der Waals surface area contributed by atoms with E-state index in [2.05, 4.69) is 22.1 Å². The van der Waals surface area contributed by atoms with Gasteiger partial charge in [-0.15, -0.1) is 11.8 Å². The molecule has 0 saturated heterocycles. The Kier molecular flexibility index (Phi) is 3.07. The number of thioether (sulfide) groups is 1. The Morgan fingerprint density at radius 3 is 3.00 bits per heavy atom. The largest absolute Gasteiger partial charge is 0.331 e. The number of nitrogens with one attached hydrogen (secondary N) is 1. The first kappa shape index (κ1) is 13.6. The number of benzene rings is 1. The fourth-order valence-electron chi connectivity index (χ4n) is 3.07. The molecule has 22 heavy (non-hydrogen) atoms. The average molecular weight is 313 g/mol. The highest BCUT2D eigenvalue weighted by molar-refractivity contribution is 8.01. The molecule has 0 bridgehead atoms. The smallest absolute Gasteiger partial charge is 0.256 e. The number of nitrogens with zero attached hydrogens (tertiary/aromatic N) is 2. The molecule has 2 aliphatic heterocycles. The third-order valence-electron chi connectivity index (χ3n) is 4.14. The van der Waals surface area contributed by atoms with Crippen LogP contribution in [0.25, 0.3) is 0 Å². The summed E-state index contributed by atoms with van der Waals surface area (Å²) in [5.74, 6) is 0.692. The van der Waals surface area contributed by atoms with Gasteiger partial charge in [0.2, 0.25) is 5.91 Å². The molecule has 3 heterocycles. The molecule has 0 aliphatic carbocycles. The summed E-state index contributed by atoms with van der Waals surface area (Å²) < 4.78 is 0. The average Bonchev–Trinajstić information content (AvgIpc) is 3.09. The van der Waals surface area contributed by atoms with E-state index in [1.165, 1.54) is 10.5 Å². The first-order valence-electron chi connectivity index (χ1n) is 7.24. The van der Waals surface area contributed by atoms with Crippen molar-refractivity contribution < 1.29 is 4.79 Å². The molecule has 0 saturated carbocycles. The third-order valence-corrected chi connectivity index (χ3v) is 5.45. The second kappa shape index (κ2) is 4.98. The topological polar surface area (TPSA) is 66.1 Å². The molecule has 2 aliphatic rings. The zero-order valence-corrected chi connectivity index (χ0v) is 12.9. The molecular weight excluding hydrogens is 298 g/mol. The number of hydrogen-bond donors (Lipinski definition) is 1. The van der Waals surface area contributed by atoms with Gasteiger partial charge in [-0.05, 0) is 25.0 Å². The van der Waals surface area contributed by atoms with Crippen molar-refractivity contribution in [3.8, 4) is 0 Å².